The molecule has 0 spiro atoms. The molecule has 8 heteroatoms. The van der Waals surface area contributed by atoms with Crippen LogP contribution in [0.4, 0.5) is 5.00 Å². The third-order valence-corrected chi connectivity index (χ3v) is 6.62. The van der Waals surface area contributed by atoms with E-state index in [4.69, 9.17) is 5.73 Å². The van der Waals surface area contributed by atoms with Crippen LogP contribution in [-0.4, -0.2) is 35.0 Å². The fourth-order valence-electron chi connectivity index (χ4n) is 3.37. The Balaban J connectivity index is 1.51. The quantitative estimate of drug-likeness (QED) is 0.860. The number of thiophene rings is 1. The highest BCUT2D eigenvalue weighted by atomic mass is 32.2. The molecule has 0 bridgehead atoms. The Kier molecular flexibility index (Phi) is 4.09. The lowest BCUT2D eigenvalue weighted by Crippen LogP contribution is -2.25. The summed E-state index contributed by atoms with van der Waals surface area (Å²) in [7, 11) is 0. The summed E-state index contributed by atoms with van der Waals surface area (Å²) in [6.45, 7) is 1.62. The molecule has 4 rings (SSSR count). The number of fused-ring (bicyclic) bond motifs is 2. The molecular weight excluding hydrogens is 344 g/mol. The van der Waals surface area contributed by atoms with E-state index < -0.39 is 5.91 Å². The number of thioether (sulfide) groups is 1. The topological polar surface area (TPSA) is 87.8 Å². The van der Waals surface area contributed by atoms with Gasteiger partial charge in [0.25, 0.3) is 5.91 Å². The summed E-state index contributed by atoms with van der Waals surface area (Å²) in [5.41, 5.74) is 8.09. The molecule has 3 N–H and O–H groups in total. The van der Waals surface area contributed by atoms with Crippen LogP contribution in [0.25, 0.3) is 0 Å². The lowest BCUT2D eigenvalue weighted by atomic mass is 9.95. The number of hydrogen-bond acceptors (Lipinski definition) is 6. The average Bonchev–Trinajstić information content (AvgIpc) is 3.22. The number of nitrogens with one attached hydrogen (secondary N) is 1. The minimum Gasteiger partial charge on any atom is -0.365 e. The average molecular weight is 362 g/mol. The first-order valence-corrected chi connectivity index (χ1v) is 9.75. The van der Waals surface area contributed by atoms with Crippen LogP contribution in [0, 0.1) is 0 Å². The van der Waals surface area contributed by atoms with E-state index in [2.05, 4.69) is 15.2 Å². The summed E-state index contributed by atoms with van der Waals surface area (Å²) in [5, 5.41) is 6.48. The zero-order valence-electron chi connectivity index (χ0n) is 13.1. The molecule has 0 unspecified atom stereocenters. The molecule has 126 valence electrons. The molecular formula is C16H18N4O2S2. The van der Waals surface area contributed by atoms with Gasteiger partial charge in [-0.05, 0) is 36.7 Å². The second kappa shape index (κ2) is 6.25. The van der Waals surface area contributed by atoms with Gasteiger partial charge in [0.2, 0.25) is 5.91 Å². The van der Waals surface area contributed by atoms with Crippen LogP contribution in [0.15, 0.2) is 16.1 Å². The highest BCUT2D eigenvalue weighted by molar-refractivity contribution is 8.16. The van der Waals surface area contributed by atoms with E-state index in [0.29, 0.717) is 10.6 Å². The van der Waals surface area contributed by atoms with Gasteiger partial charge in [0.15, 0.2) is 5.17 Å². The highest BCUT2D eigenvalue weighted by Gasteiger charge is 2.29. The lowest BCUT2D eigenvalue weighted by molar-refractivity contribution is -0.115. The summed E-state index contributed by atoms with van der Waals surface area (Å²) in [6, 6.07) is 0. The number of aliphatic imine (C=N–C) groups is 1. The number of carbonyl (C=O) groups is 2. The van der Waals surface area contributed by atoms with Crippen molar-refractivity contribution in [2.75, 3.05) is 18.4 Å². The summed E-state index contributed by atoms with van der Waals surface area (Å²) >= 11 is 3.06. The first-order chi connectivity index (χ1) is 11.6. The third kappa shape index (κ3) is 2.73. The van der Waals surface area contributed by atoms with Crippen molar-refractivity contribution >= 4 is 45.1 Å². The number of nitrogens with two attached hydrogens (primary N) is 1. The third-order valence-electron chi connectivity index (χ3n) is 4.46. The Hall–Kier alpha value is -1.80. The van der Waals surface area contributed by atoms with Crippen molar-refractivity contribution in [2.24, 2.45) is 10.7 Å². The number of aryl methyl sites for hydroxylation is 1. The number of rotatable bonds is 4. The Bertz CT molecular complexity index is 781. The molecule has 2 aliphatic heterocycles. The molecule has 0 saturated heterocycles. The van der Waals surface area contributed by atoms with Crippen molar-refractivity contribution in [1.82, 2.24) is 4.90 Å². The maximum absolute atomic E-state index is 12.5. The Labute approximate surface area is 148 Å². The maximum atomic E-state index is 12.5. The minimum atomic E-state index is -0.450. The van der Waals surface area contributed by atoms with Gasteiger partial charge in [-0.3, -0.25) is 14.6 Å². The molecule has 3 heterocycles. The zero-order valence-corrected chi connectivity index (χ0v) is 14.8. The van der Waals surface area contributed by atoms with E-state index >= 15 is 0 Å². The second-order valence-corrected chi connectivity index (χ2v) is 7.99. The van der Waals surface area contributed by atoms with Crippen LogP contribution in [0.2, 0.25) is 0 Å². The van der Waals surface area contributed by atoms with Crippen LogP contribution in [0.5, 0.6) is 0 Å². The van der Waals surface area contributed by atoms with Crippen LogP contribution in [0.3, 0.4) is 0 Å². The van der Waals surface area contributed by atoms with E-state index in [0.717, 1.165) is 55.2 Å². The van der Waals surface area contributed by atoms with E-state index in [1.807, 2.05) is 5.41 Å². The number of anilines is 1. The van der Waals surface area contributed by atoms with Gasteiger partial charge in [-0.15, -0.1) is 11.3 Å². The van der Waals surface area contributed by atoms with Crippen LogP contribution < -0.4 is 11.1 Å². The standard InChI is InChI=1S/C16H18N4O2S2/c17-14(22)13-10-3-1-2-4-11(10)24-15(13)19-12(21)7-9-8-23-16-18-5-6-20(9)16/h8H,1-7H2,(H2,17,22)(H,19,21). The first-order valence-electron chi connectivity index (χ1n) is 8.05. The molecule has 1 aromatic rings. The predicted octanol–water partition coefficient (Wildman–Crippen LogP) is 2.31. The van der Waals surface area contributed by atoms with E-state index in [9.17, 15) is 9.59 Å². The molecule has 0 radical (unpaired) electrons. The zero-order chi connectivity index (χ0) is 16.7. The fourth-order valence-corrected chi connectivity index (χ4v) is 5.63. The van der Waals surface area contributed by atoms with Gasteiger partial charge in [0, 0.05) is 17.1 Å². The molecule has 24 heavy (non-hydrogen) atoms. The van der Waals surface area contributed by atoms with Crippen molar-refractivity contribution in [3.63, 3.8) is 0 Å². The van der Waals surface area contributed by atoms with Gasteiger partial charge in [-0.1, -0.05) is 11.8 Å². The van der Waals surface area contributed by atoms with Crippen molar-refractivity contribution in [1.29, 1.82) is 0 Å². The number of amides is 2. The number of amidine groups is 1. The van der Waals surface area contributed by atoms with Gasteiger partial charge in [-0.25, -0.2) is 0 Å². The van der Waals surface area contributed by atoms with Crippen molar-refractivity contribution in [3.8, 4) is 0 Å². The lowest BCUT2D eigenvalue weighted by Gasteiger charge is -2.16. The molecule has 0 atom stereocenters. The SMILES string of the molecule is NC(=O)c1c(NC(=O)CC2=CSC3=NCCN23)sc2c1CCCC2. The molecule has 2 amide bonds. The summed E-state index contributed by atoms with van der Waals surface area (Å²) in [4.78, 5) is 32.0. The van der Waals surface area contributed by atoms with E-state index in [1.54, 1.807) is 11.8 Å². The number of nitrogens with zero attached hydrogens (tertiary/aromatic N) is 2. The first kappa shape index (κ1) is 15.7. The normalized spacial score (nSPS) is 18.8. The summed E-state index contributed by atoms with van der Waals surface area (Å²) < 4.78 is 0. The van der Waals surface area contributed by atoms with Crippen LogP contribution in [-0.2, 0) is 17.6 Å². The highest BCUT2D eigenvalue weighted by Crippen LogP contribution is 2.38. The van der Waals surface area contributed by atoms with Crippen LogP contribution in [0.1, 0.15) is 40.1 Å². The van der Waals surface area contributed by atoms with Gasteiger partial charge < -0.3 is 16.0 Å². The summed E-state index contributed by atoms with van der Waals surface area (Å²) in [5.74, 6) is -0.564. The largest absolute Gasteiger partial charge is 0.365 e. The molecule has 1 aliphatic carbocycles. The monoisotopic (exact) mass is 362 g/mol. The van der Waals surface area contributed by atoms with E-state index in [1.165, 1.54) is 16.2 Å². The maximum Gasteiger partial charge on any atom is 0.251 e. The number of hydrogen-bond donors (Lipinski definition) is 2. The Morgan fingerprint density at radius 3 is 3.00 bits per heavy atom. The van der Waals surface area contributed by atoms with Crippen molar-refractivity contribution < 1.29 is 9.59 Å². The second-order valence-electron chi connectivity index (χ2n) is 6.05. The molecule has 0 aromatic carbocycles. The molecule has 1 aromatic heterocycles. The van der Waals surface area contributed by atoms with Gasteiger partial charge in [-0.2, -0.15) is 0 Å². The van der Waals surface area contributed by atoms with Crippen molar-refractivity contribution in [3.05, 3.63) is 27.1 Å². The van der Waals surface area contributed by atoms with Gasteiger partial charge >= 0.3 is 0 Å². The van der Waals surface area contributed by atoms with Crippen molar-refractivity contribution in [2.45, 2.75) is 32.1 Å². The number of carbonyl (C=O) groups excluding carboxylic acids is 2. The Morgan fingerprint density at radius 1 is 1.33 bits per heavy atom. The molecule has 6 nitrogen and oxygen atoms in total. The smallest absolute Gasteiger partial charge is 0.251 e. The molecule has 0 saturated carbocycles. The molecule has 0 fully saturated rings. The van der Waals surface area contributed by atoms with Gasteiger partial charge in [0.05, 0.1) is 18.5 Å². The number of primary amides is 1. The molecule has 3 aliphatic rings. The Morgan fingerprint density at radius 2 is 2.17 bits per heavy atom. The summed E-state index contributed by atoms with van der Waals surface area (Å²) in [6.07, 6.45) is 4.31. The van der Waals surface area contributed by atoms with E-state index in [-0.39, 0.29) is 12.3 Å². The minimum absolute atomic E-state index is 0.115. The fraction of sp³-hybridized carbons (Fsp3) is 0.438. The van der Waals surface area contributed by atoms with Gasteiger partial charge in [0.1, 0.15) is 5.00 Å². The van der Waals surface area contributed by atoms with Crippen LogP contribution >= 0.6 is 23.1 Å². The predicted molar refractivity (Wildman–Crippen MR) is 97.4 cm³/mol.